The number of hydrogen-bond acceptors (Lipinski definition) is 2. The minimum atomic E-state index is -2.81. The topological polar surface area (TPSA) is 29.5 Å². The minimum absolute atomic E-state index is 0.0261. The molecule has 1 aromatic carbocycles. The molecule has 0 spiro atoms. The highest BCUT2D eigenvalue weighted by molar-refractivity contribution is 5.57. The number of halogens is 2. The number of carbonyl (C=O) groups is 1. The van der Waals surface area contributed by atoms with Gasteiger partial charge in [-0.2, -0.15) is 8.78 Å². The standard InChI is InChI=1S/C14H13F2NO2/c15-14(16)19-11-3-4-12-10(7-11)6-9-2-1-5-17(8-18)13(9)12/h2-4,7-8,13-14H,1,5-6H2/t13-/m1/s1. The van der Waals surface area contributed by atoms with Gasteiger partial charge in [0.2, 0.25) is 6.41 Å². The van der Waals surface area contributed by atoms with Gasteiger partial charge in [0.25, 0.3) is 0 Å². The number of amides is 1. The molecule has 1 aliphatic heterocycles. The van der Waals surface area contributed by atoms with Gasteiger partial charge in [0, 0.05) is 6.54 Å². The third kappa shape index (κ3) is 2.09. The van der Waals surface area contributed by atoms with E-state index in [0.29, 0.717) is 13.0 Å². The smallest absolute Gasteiger partial charge is 0.387 e. The van der Waals surface area contributed by atoms with Gasteiger partial charge < -0.3 is 9.64 Å². The number of ether oxygens (including phenoxy) is 1. The zero-order valence-corrected chi connectivity index (χ0v) is 10.2. The van der Waals surface area contributed by atoms with Crippen LogP contribution >= 0.6 is 0 Å². The lowest BCUT2D eigenvalue weighted by atomic mass is 10.0. The fourth-order valence-electron chi connectivity index (χ4n) is 2.91. The summed E-state index contributed by atoms with van der Waals surface area (Å²) < 4.78 is 28.8. The Morgan fingerprint density at radius 2 is 2.26 bits per heavy atom. The molecule has 0 saturated carbocycles. The highest BCUT2D eigenvalue weighted by Gasteiger charge is 2.33. The van der Waals surface area contributed by atoms with Crippen LogP contribution in [0.2, 0.25) is 0 Å². The molecule has 0 saturated heterocycles. The SMILES string of the molecule is O=CN1CCC=C2Cc3cc(OC(F)F)ccc3[C@@H]21. The van der Waals surface area contributed by atoms with Gasteiger partial charge in [-0.1, -0.05) is 12.1 Å². The van der Waals surface area contributed by atoms with Crippen molar-refractivity contribution >= 4 is 6.41 Å². The average Bonchev–Trinajstić information content (AvgIpc) is 2.75. The third-order valence-corrected chi connectivity index (χ3v) is 3.64. The van der Waals surface area contributed by atoms with Crippen molar-refractivity contribution in [2.45, 2.75) is 25.5 Å². The first-order valence-electron chi connectivity index (χ1n) is 6.16. The summed E-state index contributed by atoms with van der Waals surface area (Å²) in [6.45, 7) is -2.11. The van der Waals surface area contributed by atoms with Crippen molar-refractivity contribution in [3.8, 4) is 5.75 Å². The molecule has 2 aliphatic rings. The van der Waals surface area contributed by atoms with E-state index in [1.807, 2.05) is 0 Å². The Morgan fingerprint density at radius 3 is 3.00 bits per heavy atom. The molecule has 5 heteroatoms. The third-order valence-electron chi connectivity index (χ3n) is 3.64. The second-order valence-electron chi connectivity index (χ2n) is 4.73. The zero-order valence-electron chi connectivity index (χ0n) is 10.2. The summed E-state index contributed by atoms with van der Waals surface area (Å²) in [7, 11) is 0. The van der Waals surface area contributed by atoms with Crippen LogP contribution in [0.25, 0.3) is 0 Å². The Kier molecular flexibility index (Phi) is 2.97. The number of fused-ring (bicyclic) bond motifs is 3. The van der Waals surface area contributed by atoms with Gasteiger partial charge in [0.1, 0.15) is 5.75 Å². The Hall–Kier alpha value is -1.91. The molecule has 0 radical (unpaired) electrons. The molecule has 0 bridgehead atoms. The first-order chi connectivity index (χ1) is 9.19. The summed E-state index contributed by atoms with van der Waals surface area (Å²) in [5.41, 5.74) is 3.14. The van der Waals surface area contributed by atoms with Gasteiger partial charge in [-0.3, -0.25) is 4.79 Å². The first-order valence-corrected chi connectivity index (χ1v) is 6.16. The van der Waals surface area contributed by atoms with E-state index in [-0.39, 0.29) is 11.8 Å². The summed E-state index contributed by atoms with van der Waals surface area (Å²) in [5, 5.41) is 0. The van der Waals surface area contributed by atoms with E-state index >= 15 is 0 Å². The molecule has 0 aromatic heterocycles. The molecule has 1 aromatic rings. The van der Waals surface area contributed by atoms with Gasteiger partial charge in [-0.15, -0.1) is 0 Å². The van der Waals surface area contributed by atoms with Crippen molar-refractivity contribution in [3.05, 3.63) is 41.0 Å². The number of nitrogens with zero attached hydrogens (tertiary/aromatic N) is 1. The molecule has 1 atom stereocenters. The van der Waals surface area contributed by atoms with E-state index in [1.54, 1.807) is 17.0 Å². The molecule has 1 aliphatic carbocycles. The minimum Gasteiger partial charge on any atom is -0.435 e. The quantitative estimate of drug-likeness (QED) is 0.621. The van der Waals surface area contributed by atoms with Gasteiger partial charge in [0.05, 0.1) is 6.04 Å². The largest absolute Gasteiger partial charge is 0.435 e. The molecule has 3 rings (SSSR count). The number of carbonyl (C=O) groups excluding carboxylic acids is 1. The summed E-state index contributed by atoms with van der Waals surface area (Å²) in [4.78, 5) is 12.9. The Bertz CT molecular complexity index is 542. The monoisotopic (exact) mass is 265 g/mol. The molecular weight excluding hydrogens is 252 g/mol. The Morgan fingerprint density at radius 1 is 1.42 bits per heavy atom. The number of rotatable bonds is 3. The van der Waals surface area contributed by atoms with E-state index in [4.69, 9.17) is 0 Å². The molecule has 19 heavy (non-hydrogen) atoms. The second-order valence-corrected chi connectivity index (χ2v) is 4.73. The predicted octanol–water partition coefficient (Wildman–Crippen LogP) is 2.67. The van der Waals surface area contributed by atoms with E-state index in [0.717, 1.165) is 24.0 Å². The van der Waals surface area contributed by atoms with Crippen LogP contribution in [0, 0.1) is 0 Å². The van der Waals surface area contributed by atoms with Crippen LogP contribution in [-0.2, 0) is 11.2 Å². The van der Waals surface area contributed by atoms with Crippen LogP contribution < -0.4 is 4.74 Å². The molecular formula is C14H13F2NO2. The van der Waals surface area contributed by atoms with Crippen molar-refractivity contribution in [3.63, 3.8) is 0 Å². The van der Waals surface area contributed by atoms with Crippen LogP contribution in [0.15, 0.2) is 29.8 Å². The van der Waals surface area contributed by atoms with Crippen LogP contribution in [0.4, 0.5) is 8.78 Å². The van der Waals surface area contributed by atoms with Gasteiger partial charge >= 0.3 is 6.61 Å². The summed E-state index contributed by atoms with van der Waals surface area (Å²) in [5.74, 6) is 0.172. The molecule has 0 unspecified atom stereocenters. The highest BCUT2D eigenvalue weighted by Crippen LogP contribution is 2.42. The van der Waals surface area contributed by atoms with Crippen molar-refractivity contribution < 1.29 is 18.3 Å². The molecule has 0 fully saturated rings. The second kappa shape index (κ2) is 4.64. The highest BCUT2D eigenvalue weighted by atomic mass is 19.3. The van der Waals surface area contributed by atoms with Crippen LogP contribution in [-0.4, -0.2) is 24.5 Å². The predicted molar refractivity (Wildman–Crippen MR) is 65.0 cm³/mol. The van der Waals surface area contributed by atoms with E-state index in [9.17, 15) is 13.6 Å². The maximum atomic E-state index is 12.2. The lowest BCUT2D eigenvalue weighted by Crippen LogP contribution is -2.30. The Balaban J connectivity index is 1.95. The average molecular weight is 265 g/mol. The van der Waals surface area contributed by atoms with Crippen molar-refractivity contribution in [1.29, 1.82) is 0 Å². The van der Waals surface area contributed by atoms with Crippen molar-refractivity contribution in [2.24, 2.45) is 0 Å². The van der Waals surface area contributed by atoms with Crippen LogP contribution in [0.1, 0.15) is 23.6 Å². The Labute approximate surface area is 109 Å². The summed E-state index contributed by atoms with van der Waals surface area (Å²) >= 11 is 0. The number of alkyl halides is 2. The van der Waals surface area contributed by atoms with E-state index < -0.39 is 6.61 Å². The van der Waals surface area contributed by atoms with Crippen molar-refractivity contribution in [1.82, 2.24) is 4.90 Å². The van der Waals surface area contributed by atoms with Crippen LogP contribution in [0.3, 0.4) is 0 Å². The number of hydrogen-bond donors (Lipinski definition) is 0. The van der Waals surface area contributed by atoms with E-state index in [1.165, 1.54) is 11.6 Å². The molecule has 100 valence electrons. The molecule has 0 N–H and O–H groups in total. The normalized spacial score (nSPS) is 20.9. The maximum Gasteiger partial charge on any atom is 0.387 e. The summed E-state index contributed by atoms with van der Waals surface area (Å²) in [6.07, 6.45) is 4.54. The van der Waals surface area contributed by atoms with Gasteiger partial charge in [-0.25, -0.2) is 0 Å². The zero-order chi connectivity index (χ0) is 13.4. The lowest BCUT2D eigenvalue weighted by Gasteiger charge is -2.30. The lowest BCUT2D eigenvalue weighted by molar-refractivity contribution is -0.119. The maximum absolute atomic E-state index is 12.2. The first kappa shape index (κ1) is 12.1. The summed E-state index contributed by atoms with van der Waals surface area (Å²) in [6, 6.07) is 4.93. The number of benzene rings is 1. The fourth-order valence-corrected chi connectivity index (χ4v) is 2.91. The van der Waals surface area contributed by atoms with Gasteiger partial charge in [-0.05, 0) is 41.7 Å². The molecule has 1 heterocycles. The molecule has 1 amide bonds. The van der Waals surface area contributed by atoms with Crippen molar-refractivity contribution in [2.75, 3.05) is 6.54 Å². The van der Waals surface area contributed by atoms with Gasteiger partial charge in [0.15, 0.2) is 0 Å². The van der Waals surface area contributed by atoms with E-state index in [2.05, 4.69) is 10.8 Å². The molecule has 3 nitrogen and oxygen atoms in total. The van der Waals surface area contributed by atoms with Crippen LogP contribution in [0.5, 0.6) is 5.75 Å². The fraction of sp³-hybridized carbons (Fsp3) is 0.357.